The van der Waals surface area contributed by atoms with Crippen LogP contribution >= 0.6 is 11.6 Å². The summed E-state index contributed by atoms with van der Waals surface area (Å²) in [6.45, 7) is 1.33. The number of guanidine groups is 1. The Hall–Kier alpha value is -3.85. The lowest BCUT2D eigenvalue weighted by atomic mass is 10.1. The fourth-order valence-electron chi connectivity index (χ4n) is 2.80. The maximum absolute atomic E-state index is 13.0. The summed E-state index contributed by atoms with van der Waals surface area (Å²) < 4.78 is 28.5. The highest BCUT2D eigenvalue weighted by molar-refractivity contribution is 7.92. The monoisotopic (exact) mass is 501 g/mol. The minimum atomic E-state index is -4.43. The number of hydrogen-bond acceptors (Lipinski definition) is 8. The average molecular weight is 502 g/mol. The summed E-state index contributed by atoms with van der Waals surface area (Å²) in [5.74, 6) is -1.24. The van der Waals surface area contributed by atoms with Gasteiger partial charge >= 0.3 is 0 Å². The van der Waals surface area contributed by atoms with Gasteiger partial charge in [-0.05, 0) is 36.3 Å². The molecule has 0 aliphatic rings. The molecule has 16 heteroatoms. The van der Waals surface area contributed by atoms with Crippen molar-refractivity contribution in [1.29, 1.82) is 0 Å². The number of hydrogen-bond donors (Lipinski definition) is 4. The number of oxime groups is 1. The lowest BCUT2D eigenvalue weighted by Gasteiger charge is -2.20. The molecular formula is C17H20ClN7O7S. The molecule has 7 N–H and O–H groups in total. The Kier molecular flexibility index (Phi) is 7.84. The Morgan fingerprint density at radius 1 is 1.30 bits per heavy atom. The van der Waals surface area contributed by atoms with E-state index in [1.807, 2.05) is 0 Å². The van der Waals surface area contributed by atoms with Gasteiger partial charge < -0.3 is 22.0 Å². The fourth-order valence-corrected chi connectivity index (χ4v) is 4.06. The number of pyridine rings is 1. The first-order chi connectivity index (χ1) is 15.3. The Balaban J connectivity index is 2.43. The van der Waals surface area contributed by atoms with Gasteiger partial charge in [-0.2, -0.15) is 0 Å². The fraction of sp³-hybridized carbons (Fsp3) is 0.235. The quantitative estimate of drug-likeness (QED) is 0.114. The number of nitrogens with zero attached hydrogens (tertiary/aromatic N) is 3. The number of carbonyl (C=O) groups is 1. The van der Waals surface area contributed by atoms with E-state index in [4.69, 9.17) is 33.6 Å². The molecular weight excluding hydrogens is 482 g/mol. The second-order valence-corrected chi connectivity index (χ2v) is 8.69. The SMILES string of the molecule is Cc1ccc(NS(=O)(=O)c2ccc(Cl)c([N+](=O)[O-])c2)c(=O)n1C(CCON=C(N)N)C(N)=O. The van der Waals surface area contributed by atoms with Gasteiger partial charge in [0.15, 0.2) is 0 Å². The zero-order valence-electron chi connectivity index (χ0n) is 17.1. The number of anilines is 1. The van der Waals surface area contributed by atoms with Crippen molar-refractivity contribution in [2.45, 2.75) is 24.3 Å². The predicted octanol–water partition coefficient (Wildman–Crippen LogP) is 0.141. The normalized spacial score (nSPS) is 11.9. The van der Waals surface area contributed by atoms with Crippen LogP contribution in [0.4, 0.5) is 11.4 Å². The summed E-state index contributed by atoms with van der Waals surface area (Å²) in [6.07, 6.45) is -0.105. The van der Waals surface area contributed by atoms with Gasteiger partial charge in [-0.1, -0.05) is 11.6 Å². The third kappa shape index (κ3) is 6.11. The highest BCUT2D eigenvalue weighted by atomic mass is 35.5. The van der Waals surface area contributed by atoms with Crippen LogP contribution in [0.2, 0.25) is 5.02 Å². The van der Waals surface area contributed by atoms with Crippen LogP contribution in [0, 0.1) is 17.0 Å². The number of rotatable bonds is 10. The summed E-state index contributed by atoms with van der Waals surface area (Å²) >= 11 is 5.71. The van der Waals surface area contributed by atoms with Crippen molar-refractivity contribution in [3.63, 3.8) is 0 Å². The van der Waals surface area contributed by atoms with E-state index in [1.54, 1.807) is 0 Å². The zero-order valence-corrected chi connectivity index (χ0v) is 18.7. The lowest BCUT2D eigenvalue weighted by Crippen LogP contribution is -2.37. The van der Waals surface area contributed by atoms with E-state index in [0.29, 0.717) is 5.69 Å². The van der Waals surface area contributed by atoms with Gasteiger partial charge in [0, 0.05) is 18.2 Å². The number of nitro benzene ring substituents is 1. The van der Waals surface area contributed by atoms with Gasteiger partial charge in [0.2, 0.25) is 11.9 Å². The van der Waals surface area contributed by atoms with Crippen LogP contribution in [0.3, 0.4) is 0 Å². The number of nitro groups is 1. The minimum absolute atomic E-state index is 0.105. The number of primary amides is 1. The van der Waals surface area contributed by atoms with Gasteiger partial charge in [0.25, 0.3) is 21.3 Å². The molecule has 0 fully saturated rings. The number of benzene rings is 1. The number of nitrogens with two attached hydrogens (primary N) is 3. The Morgan fingerprint density at radius 3 is 2.55 bits per heavy atom. The molecule has 1 unspecified atom stereocenters. The molecule has 0 saturated heterocycles. The third-order valence-electron chi connectivity index (χ3n) is 4.28. The summed E-state index contributed by atoms with van der Waals surface area (Å²) in [6, 6.07) is 4.19. The number of nitrogens with one attached hydrogen (secondary N) is 1. The van der Waals surface area contributed by atoms with Crippen molar-refractivity contribution in [3.05, 3.63) is 61.5 Å². The molecule has 33 heavy (non-hydrogen) atoms. The van der Waals surface area contributed by atoms with E-state index in [2.05, 4.69) is 9.88 Å². The zero-order chi connectivity index (χ0) is 24.9. The Morgan fingerprint density at radius 2 is 1.97 bits per heavy atom. The van der Waals surface area contributed by atoms with Gasteiger partial charge in [-0.3, -0.25) is 29.0 Å². The van der Waals surface area contributed by atoms with Crippen LogP contribution in [-0.2, 0) is 19.7 Å². The second-order valence-electron chi connectivity index (χ2n) is 6.60. The molecule has 1 aromatic carbocycles. The maximum Gasteiger partial charge on any atom is 0.289 e. The van der Waals surface area contributed by atoms with E-state index in [9.17, 15) is 28.1 Å². The molecule has 0 spiro atoms. The molecule has 178 valence electrons. The molecule has 0 aliphatic carbocycles. The molecule has 1 amide bonds. The van der Waals surface area contributed by atoms with Crippen molar-refractivity contribution < 1.29 is 23.0 Å². The first-order valence-electron chi connectivity index (χ1n) is 9.04. The number of halogens is 1. The smallest absolute Gasteiger partial charge is 0.289 e. The van der Waals surface area contributed by atoms with Crippen molar-refractivity contribution in [3.8, 4) is 0 Å². The number of amides is 1. The van der Waals surface area contributed by atoms with Crippen LogP contribution in [0.1, 0.15) is 18.2 Å². The molecule has 1 atom stereocenters. The van der Waals surface area contributed by atoms with E-state index >= 15 is 0 Å². The lowest BCUT2D eigenvalue weighted by molar-refractivity contribution is -0.384. The standard InChI is InChI=1S/C17H20ClN7O7S/c1-9-2-5-12(16(27)24(9)13(15(19)26)6-7-32-22-17(20)21)23-33(30,31)10-3-4-11(18)14(8-10)25(28)29/h2-5,8,13,23H,6-7H2,1H3,(H2,19,26)(H4,20,21,22). The van der Waals surface area contributed by atoms with E-state index in [0.717, 1.165) is 22.8 Å². The van der Waals surface area contributed by atoms with E-state index < -0.39 is 48.7 Å². The first kappa shape index (κ1) is 25.4. The number of aromatic nitrogens is 1. The Labute approximate surface area is 192 Å². The van der Waals surface area contributed by atoms with Crippen LogP contribution in [0.5, 0.6) is 0 Å². The first-order valence-corrected chi connectivity index (χ1v) is 10.9. The highest BCUT2D eigenvalue weighted by Crippen LogP contribution is 2.28. The number of carbonyl (C=O) groups excluding carboxylic acids is 1. The molecule has 1 aromatic heterocycles. The third-order valence-corrected chi connectivity index (χ3v) is 5.96. The van der Waals surface area contributed by atoms with Crippen LogP contribution in [0.25, 0.3) is 0 Å². The molecule has 2 rings (SSSR count). The molecule has 2 aromatic rings. The topological polar surface area (TPSA) is 228 Å². The molecule has 14 nitrogen and oxygen atoms in total. The van der Waals surface area contributed by atoms with Gasteiger partial charge in [0.1, 0.15) is 23.4 Å². The van der Waals surface area contributed by atoms with Gasteiger partial charge in [-0.15, -0.1) is 0 Å². The summed E-state index contributed by atoms with van der Waals surface area (Å²) in [4.78, 5) is 39.5. The summed E-state index contributed by atoms with van der Waals surface area (Å²) in [5, 5.41) is 14.1. The van der Waals surface area contributed by atoms with E-state index in [-0.39, 0.29) is 24.0 Å². The highest BCUT2D eigenvalue weighted by Gasteiger charge is 2.25. The van der Waals surface area contributed by atoms with Gasteiger partial charge in [-0.25, -0.2) is 8.42 Å². The molecule has 0 aliphatic heterocycles. The summed E-state index contributed by atoms with van der Waals surface area (Å²) in [7, 11) is -4.43. The van der Waals surface area contributed by atoms with Crippen LogP contribution < -0.4 is 27.5 Å². The molecule has 0 radical (unpaired) electrons. The average Bonchev–Trinajstić information content (AvgIpc) is 2.71. The minimum Gasteiger partial charge on any atom is -0.393 e. The molecule has 0 saturated carbocycles. The Bertz CT molecular complexity index is 1270. The summed E-state index contributed by atoms with van der Waals surface area (Å²) in [5.41, 5.74) is 14.1. The largest absolute Gasteiger partial charge is 0.393 e. The second kappa shape index (κ2) is 10.2. The van der Waals surface area contributed by atoms with Crippen LogP contribution in [-0.4, -0.2) is 36.4 Å². The number of aryl methyl sites for hydroxylation is 1. The van der Waals surface area contributed by atoms with Crippen molar-refractivity contribution in [1.82, 2.24) is 4.57 Å². The van der Waals surface area contributed by atoms with Gasteiger partial charge in [0.05, 0.1) is 9.82 Å². The maximum atomic E-state index is 13.0. The molecule has 1 heterocycles. The van der Waals surface area contributed by atoms with Crippen LogP contribution in [0.15, 0.2) is 45.2 Å². The number of sulfonamides is 1. The van der Waals surface area contributed by atoms with Crippen molar-refractivity contribution in [2.24, 2.45) is 22.4 Å². The predicted molar refractivity (Wildman–Crippen MR) is 119 cm³/mol. The van der Waals surface area contributed by atoms with Crippen molar-refractivity contribution >= 4 is 44.9 Å². The molecule has 0 bridgehead atoms. The van der Waals surface area contributed by atoms with E-state index in [1.165, 1.54) is 19.1 Å². The van der Waals surface area contributed by atoms with Crippen molar-refractivity contribution in [2.75, 3.05) is 11.3 Å².